The van der Waals surface area contributed by atoms with Crippen LogP contribution in [0.4, 0.5) is 5.69 Å². The van der Waals surface area contributed by atoms with Crippen molar-refractivity contribution >= 4 is 17.6 Å². The lowest BCUT2D eigenvalue weighted by atomic mass is 10.1. The van der Waals surface area contributed by atoms with Crippen molar-refractivity contribution in [1.29, 1.82) is 0 Å². The van der Waals surface area contributed by atoms with Crippen molar-refractivity contribution in [3.63, 3.8) is 0 Å². The smallest absolute Gasteiger partial charge is 0.318 e. The van der Waals surface area contributed by atoms with Gasteiger partial charge in [0, 0.05) is 24.3 Å². The highest BCUT2D eigenvalue weighted by atomic mass is 16.5. The Morgan fingerprint density at radius 3 is 2.00 bits per heavy atom. The molecule has 0 heterocycles. The second kappa shape index (κ2) is 10.9. The average molecular weight is 417 g/mol. The van der Waals surface area contributed by atoms with Crippen LogP contribution in [0, 0.1) is 5.92 Å². The number of rotatable bonds is 10. The topological polar surface area (TPSA) is 92.3 Å². The van der Waals surface area contributed by atoms with E-state index >= 15 is 0 Å². The molecular formula is C22H27NO7. The molecule has 2 rings (SSSR count). The number of amides is 1. The van der Waals surface area contributed by atoms with Gasteiger partial charge in [-0.2, -0.15) is 0 Å². The summed E-state index contributed by atoms with van der Waals surface area (Å²) in [5.74, 6) is 0.439. The van der Waals surface area contributed by atoms with Gasteiger partial charge in [-0.1, -0.05) is 6.92 Å². The number of carbonyl (C=O) groups is 2. The van der Waals surface area contributed by atoms with E-state index in [1.165, 1.54) is 21.3 Å². The predicted molar refractivity (Wildman–Crippen MR) is 112 cm³/mol. The fourth-order valence-electron chi connectivity index (χ4n) is 2.71. The SMILES string of the molecule is CCOC(=O)C(CC)C(=O)Nc1ccc(OC)cc1Oc1cc(OC)cc(OC)c1. The molecule has 2 aromatic rings. The quantitative estimate of drug-likeness (QED) is 0.461. The van der Waals surface area contributed by atoms with Crippen LogP contribution in [0.3, 0.4) is 0 Å². The molecule has 2 aromatic carbocycles. The summed E-state index contributed by atoms with van der Waals surface area (Å²) in [6, 6.07) is 10.0. The van der Waals surface area contributed by atoms with Gasteiger partial charge in [-0.25, -0.2) is 0 Å². The van der Waals surface area contributed by atoms with E-state index < -0.39 is 17.8 Å². The summed E-state index contributed by atoms with van der Waals surface area (Å²) in [6.07, 6.45) is 0.310. The zero-order chi connectivity index (χ0) is 22.1. The van der Waals surface area contributed by atoms with Crippen molar-refractivity contribution in [3.05, 3.63) is 36.4 Å². The summed E-state index contributed by atoms with van der Waals surface area (Å²) >= 11 is 0. The first-order chi connectivity index (χ1) is 14.4. The molecule has 162 valence electrons. The first-order valence-electron chi connectivity index (χ1n) is 9.52. The van der Waals surface area contributed by atoms with Crippen molar-refractivity contribution in [3.8, 4) is 28.7 Å². The van der Waals surface area contributed by atoms with Gasteiger partial charge in [0.2, 0.25) is 5.91 Å². The number of benzene rings is 2. The van der Waals surface area contributed by atoms with E-state index in [-0.39, 0.29) is 6.61 Å². The number of anilines is 1. The van der Waals surface area contributed by atoms with Gasteiger partial charge >= 0.3 is 5.97 Å². The number of methoxy groups -OCH3 is 3. The van der Waals surface area contributed by atoms with Crippen LogP contribution < -0.4 is 24.3 Å². The van der Waals surface area contributed by atoms with Crippen molar-refractivity contribution in [1.82, 2.24) is 0 Å². The Hall–Kier alpha value is -3.42. The summed E-state index contributed by atoms with van der Waals surface area (Å²) in [7, 11) is 4.60. The molecule has 1 amide bonds. The molecule has 0 fully saturated rings. The molecule has 0 aromatic heterocycles. The van der Waals surface area contributed by atoms with E-state index in [1.54, 1.807) is 50.2 Å². The maximum Gasteiger partial charge on any atom is 0.318 e. The highest BCUT2D eigenvalue weighted by molar-refractivity contribution is 6.05. The van der Waals surface area contributed by atoms with Crippen LogP contribution in [0.1, 0.15) is 20.3 Å². The van der Waals surface area contributed by atoms with Gasteiger partial charge in [-0.15, -0.1) is 0 Å². The average Bonchev–Trinajstić information content (AvgIpc) is 2.75. The largest absolute Gasteiger partial charge is 0.497 e. The molecule has 30 heavy (non-hydrogen) atoms. The minimum Gasteiger partial charge on any atom is -0.497 e. The molecule has 8 heteroatoms. The van der Waals surface area contributed by atoms with E-state index in [9.17, 15) is 9.59 Å². The third-order valence-electron chi connectivity index (χ3n) is 4.30. The first-order valence-corrected chi connectivity index (χ1v) is 9.52. The maximum atomic E-state index is 12.7. The molecule has 1 atom stereocenters. The summed E-state index contributed by atoms with van der Waals surface area (Å²) in [6.45, 7) is 3.65. The Bertz CT molecular complexity index is 860. The van der Waals surface area contributed by atoms with E-state index in [0.717, 1.165) is 0 Å². The molecule has 8 nitrogen and oxygen atoms in total. The Kier molecular flexibility index (Phi) is 8.34. The fraction of sp³-hybridized carbons (Fsp3) is 0.364. The summed E-state index contributed by atoms with van der Waals surface area (Å²) in [5, 5.41) is 2.75. The van der Waals surface area contributed by atoms with Gasteiger partial charge in [0.1, 0.15) is 28.9 Å². The Morgan fingerprint density at radius 2 is 1.47 bits per heavy atom. The molecule has 1 N–H and O–H groups in total. The Morgan fingerprint density at radius 1 is 0.867 bits per heavy atom. The van der Waals surface area contributed by atoms with Crippen LogP contribution in [0.5, 0.6) is 28.7 Å². The van der Waals surface area contributed by atoms with Gasteiger partial charge in [-0.3, -0.25) is 9.59 Å². The van der Waals surface area contributed by atoms with Crippen LogP contribution in [-0.4, -0.2) is 39.8 Å². The summed E-state index contributed by atoms with van der Waals surface area (Å²) in [5.41, 5.74) is 0.380. The molecule has 0 saturated heterocycles. The molecule has 0 aliphatic heterocycles. The van der Waals surface area contributed by atoms with Gasteiger partial charge in [-0.05, 0) is 25.5 Å². The lowest BCUT2D eigenvalue weighted by Gasteiger charge is -2.17. The fourth-order valence-corrected chi connectivity index (χ4v) is 2.71. The molecule has 1 unspecified atom stereocenters. The van der Waals surface area contributed by atoms with Gasteiger partial charge in [0.15, 0.2) is 5.75 Å². The van der Waals surface area contributed by atoms with Crippen LogP contribution >= 0.6 is 0 Å². The molecule has 0 radical (unpaired) electrons. The standard InChI is InChI=1S/C22H27NO7/c1-6-18(22(25)29-7-2)21(24)23-19-9-8-14(26-3)13-20(19)30-17-11-15(27-4)10-16(12-17)28-5/h8-13,18H,6-7H2,1-5H3,(H,23,24). The minimum absolute atomic E-state index is 0.206. The van der Waals surface area contributed by atoms with Crippen LogP contribution in [0.25, 0.3) is 0 Å². The van der Waals surface area contributed by atoms with Gasteiger partial charge < -0.3 is 29.0 Å². The molecular weight excluding hydrogens is 390 g/mol. The van der Waals surface area contributed by atoms with E-state index in [4.69, 9.17) is 23.7 Å². The zero-order valence-corrected chi connectivity index (χ0v) is 17.8. The molecule has 0 saturated carbocycles. The minimum atomic E-state index is -0.920. The summed E-state index contributed by atoms with van der Waals surface area (Å²) < 4.78 is 26.8. The van der Waals surface area contributed by atoms with Gasteiger partial charge in [0.05, 0.1) is 33.6 Å². The van der Waals surface area contributed by atoms with E-state index in [1.807, 2.05) is 0 Å². The molecule has 0 aliphatic carbocycles. The summed E-state index contributed by atoms with van der Waals surface area (Å²) in [4.78, 5) is 24.7. The third kappa shape index (κ3) is 5.79. The maximum absolute atomic E-state index is 12.7. The molecule has 0 aliphatic rings. The second-order valence-corrected chi connectivity index (χ2v) is 6.21. The number of carbonyl (C=O) groups excluding carboxylic acids is 2. The number of esters is 1. The van der Waals surface area contributed by atoms with E-state index in [2.05, 4.69) is 5.32 Å². The number of nitrogens with one attached hydrogen (secondary N) is 1. The normalized spacial score (nSPS) is 11.2. The lowest BCUT2D eigenvalue weighted by molar-refractivity contribution is -0.151. The molecule has 0 spiro atoms. The number of ether oxygens (including phenoxy) is 5. The third-order valence-corrected chi connectivity index (χ3v) is 4.30. The van der Waals surface area contributed by atoms with Crippen molar-refractivity contribution in [2.24, 2.45) is 5.92 Å². The highest BCUT2D eigenvalue weighted by Gasteiger charge is 2.27. The van der Waals surface area contributed by atoms with Crippen LogP contribution in [0.15, 0.2) is 36.4 Å². The van der Waals surface area contributed by atoms with Crippen LogP contribution in [0.2, 0.25) is 0 Å². The second-order valence-electron chi connectivity index (χ2n) is 6.21. The monoisotopic (exact) mass is 417 g/mol. The number of hydrogen-bond acceptors (Lipinski definition) is 7. The Balaban J connectivity index is 2.34. The zero-order valence-electron chi connectivity index (χ0n) is 17.8. The van der Waals surface area contributed by atoms with Crippen molar-refractivity contribution in [2.75, 3.05) is 33.3 Å². The highest BCUT2D eigenvalue weighted by Crippen LogP contribution is 2.36. The van der Waals surface area contributed by atoms with E-state index in [0.29, 0.717) is 40.9 Å². The van der Waals surface area contributed by atoms with Crippen LogP contribution in [-0.2, 0) is 14.3 Å². The predicted octanol–water partition coefficient (Wildman–Crippen LogP) is 4.03. The first kappa shape index (κ1) is 22.9. The lowest BCUT2D eigenvalue weighted by Crippen LogP contribution is -2.30. The van der Waals surface area contributed by atoms with Gasteiger partial charge in [0.25, 0.3) is 0 Å². The molecule has 0 bridgehead atoms. The van der Waals surface area contributed by atoms with Crippen molar-refractivity contribution < 1.29 is 33.3 Å². The number of hydrogen-bond donors (Lipinski definition) is 1. The van der Waals surface area contributed by atoms with Crippen molar-refractivity contribution in [2.45, 2.75) is 20.3 Å². The Labute approximate surface area is 176 Å².